The summed E-state index contributed by atoms with van der Waals surface area (Å²) in [6.45, 7) is 7.85. The lowest BCUT2D eigenvalue weighted by Crippen LogP contribution is -2.41. The highest BCUT2D eigenvalue weighted by Gasteiger charge is 2.26. The summed E-state index contributed by atoms with van der Waals surface area (Å²) in [4.78, 5) is 13.9. The summed E-state index contributed by atoms with van der Waals surface area (Å²) in [5, 5.41) is 0. The first kappa shape index (κ1) is 20.2. The topological polar surface area (TPSA) is 74.0 Å². The fraction of sp³-hybridized carbons (Fsp3) is 0.650. The number of hydrogen-bond donors (Lipinski definition) is 1. The number of piperidine rings is 1. The Morgan fingerprint density at radius 3 is 2.54 bits per heavy atom. The van der Waals surface area contributed by atoms with Gasteiger partial charge in [0.25, 0.3) is 0 Å². The van der Waals surface area contributed by atoms with Gasteiger partial charge in [-0.3, -0.25) is 0 Å². The average Bonchev–Trinajstić information content (AvgIpc) is 2.58. The molecule has 1 aromatic rings. The van der Waals surface area contributed by atoms with Crippen LogP contribution < -0.4 is 15.2 Å². The molecule has 0 radical (unpaired) electrons. The molecule has 1 saturated heterocycles. The highest BCUT2D eigenvalue weighted by Crippen LogP contribution is 2.29. The van der Waals surface area contributed by atoms with Crippen LogP contribution in [0.2, 0.25) is 0 Å². The molecule has 1 aliphatic rings. The van der Waals surface area contributed by atoms with E-state index in [2.05, 4.69) is 0 Å². The maximum Gasteiger partial charge on any atom is 0.410 e. The Morgan fingerprint density at radius 1 is 1.23 bits per heavy atom. The summed E-state index contributed by atoms with van der Waals surface area (Å²) >= 11 is 0. The Morgan fingerprint density at radius 2 is 1.92 bits per heavy atom. The maximum absolute atomic E-state index is 12.1. The van der Waals surface area contributed by atoms with E-state index in [1.54, 1.807) is 19.2 Å². The number of nitrogens with zero attached hydrogens (tertiary/aromatic N) is 1. The van der Waals surface area contributed by atoms with Crippen molar-refractivity contribution in [2.45, 2.75) is 52.1 Å². The second-order valence-electron chi connectivity index (χ2n) is 7.81. The van der Waals surface area contributed by atoms with Crippen molar-refractivity contribution in [1.29, 1.82) is 0 Å². The van der Waals surface area contributed by atoms with Gasteiger partial charge in [0, 0.05) is 24.8 Å². The summed E-state index contributed by atoms with van der Waals surface area (Å²) in [6, 6.07) is 5.40. The van der Waals surface area contributed by atoms with Gasteiger partial charge in [-0.1, -0.05) is 0 Å². The number of carbonyl (C=O) groups is 1. The molecule has 0 saturated carbocycles. The number of methoxy groups -OCH3 is 1. The number of ether oxygens (including phenoxy) is 3. The third-order valence-corrected chi connectivity index (χ3v) is 4.47. The lowest BCUT2D eigenvalue weighted by molar-refractivity contribution is 0.0179. The van der Waals surface area contributed by atoms with Crippen LogP contribution in [0.3, 0.4) is 0 Å². The van der Waals surface area contributed by atoms with Gasteiger partial charge in [-0.25, -0.2) is 4.79 Å². The van der Waals surface area contributed by atoms with Gasteiger partial charge in [0.1, 0.15) is 5.60 Å². The molecule has 1 aliphatic heterocycles. The number of rotatable bonds is 6. The molecule has 0 spiro atoms. The lowest BCUT2D eigenvalue weighted by Gasteiger charge is -2.33. The summed E-state index contributed by atoms with van der Waals surface area (Å²) < 4.78 is 16.5. The quantitative estimate of drug-likeness (QED) is 0.608. The van der Waals surface area contributed by atoms with Gasteiger partial charge >= 0.3 is 6.09 Å². The molecule has 1 fully saturated rings. The fourth-order valence-electron chi connectivity index (χ4n) is 3.09. The minimum atomic E-state index is -0.437. The van der Waals surface area contributed by atoms with E-state index in [-0.39, 0.29) is 6.09 Å². The van der Waals surface area contributed by atoms with Crippen LogP contribution in [-0.2, 0) is 4.74 Å². The van der Waals surface area contributed by atoms with Gasteiger partial charge in [0.05, 0.1) is 13.7 Å². The van der Waals surface area contributed by atoms with E-state index >= 15 is 0 Å². The molecule has 0 aliphatic carbocycles. The Bertz CT molecular complexity index is 590. The Balaban J connectivity index is 1.68. The first-order valence-corrected chi connectivity index (χ1v) is 9.33. The zero-order valence-electron chi connectivity index (χ0n) is 16.4. The Labute approximate surface area is 156 Å². The van der Waals surface area contributed by atoms with Crippen molar-refractivity contribution in [3.63, 3.8) is 0 Å². The third kappa shape index (κ3) is 6.32. The molecule has 6 heteroatoms. The summed E-state index contributed by atoms with van der Waals surface area (Å²) in [7, 11) is 1.62. The van der Waals surface area contributed by atoms with Gasteiger partial charge in [-0.05, 0) is 64.5 Å². The van der Waals surface area contributed by atoms with Crippen molar-refractivity contribution in [2.24, 2.45) is 5.92 Å². The van der Waals surface area contributed by atoms with E-state index in [4.69, 9.17) is 19.9 Å². The van der Waals surface area contributed by atoms with Crippen LogP contribution in [0.5, 0.6) is 11.5 Å². The van der Waals surface area contributed by atoms with Crippen LogP contribution in [0.1, 0.15) is 46.5 Å². The van der Waals surface area contributed by atoms with Crippen LogP contribution in [0.25, 0.3) is 0 Å². The molecule has 2 N–H and O–H groups in total. The minimum absolute atomic E-state index is 0.201. The number of hydrogen-bond acceptors (Lipinski definition) is 5. The normalized spacial score (nSPS) is 15.6. The number of carbonyl (C=O) groups excluding carboxylic acids is 1. The smallest absolute Gasteiger partial charge is 0.410 e. The number of anilines is 1. The molecule has 1 aromatic carbocycles. The molecule has 0 bridgehead atoms. The van der Waals surface area contributed by atoms with E-state index in [0.717, 1.165) is 38.8 Å². The van der Waals surface area contributed by atoms with Crippen LogP contribution in [0, 0.1) is 5.92 Å². The van der Waals surface area contributed by atoms with Crippen LogP contribution in [0.15, 0.2) is 18.2 Å². The SMILES string of the molecule is COc1ccc(N)cc1OCCCC1CCN(C(=O)OC(C)(C)C)CC1. The lowest BCUT2D eigenvalue weighted by atomic mass is 9.92. The fourth-order valence-corrected chi connectivity index (χ4v) is 3.09. The van der Waals surface area contributed by atoms with Gasteiger partial charge < -0.3 is 24.8 Å². The number of nitrogen functional groups attached to an aromatic ring is 1. The number of nitrogens with two attached hydrogens (primary N) is 1. The highest BCUT2D eigenvalue weighted by molar-refractivity contribution is 5.68. The van der Waals surface area contributed by atoms with E-state index in [0.29, 0.717) is 29.7 Å². The van der Waals surface area contributed by atoms with Gasteiger partial charge in [-0.2, -0.15) is 0 Å². The average molecular weight is 364 g/mol. The Kier molecular flexibility index (Phi) is 7.00. The van der Waals surface area contributed by atoms with Crippen molar-refractivity contribution in [3.05, 3.63) is 18.2 Å². The summed E-state index contributed by atoms with van der Waals surface area (Å²) in [6.07, 6.45) is 3.89. The second kappa shape index (κ2) is 9.01. The maximum atomic E-state index is 12.1. The van der Waals surface area contributed by atoms with E-state index < -0.39 is 5.60 Å². The van der Waals surface area contributed by atoms with Crippen molar-refractivity contribution >= 4 is 11.8 Å². The second-order valence-corrected chi connectivity index (χ2v) is 7.81. The first-order valence-electron chi connectivity index (χ1n) is 9.33. The monoisotopic (exact) mass is 364 g/mol. The predicted molar refractivity (Wildman–Crippen MR) is 103 cm³/mol. The molecule has 6 nitrogen and oxygen atoms in total. The molecule has 0 atom stereocenters. The minimum Gasteiger partial charge on any atom is -0.493 e. The zero-order chi connectivity index (χ0) is 19.2. The van der Waals surface area contributed by atoms with Crippen molar-refractivity contribution in [2.75, 3.05) is 32.5 Å². The zero-order valence-corrected chi connectivity index (χ0v) is 16.4. The summed E-state index contributed by atoms with van der Waals surface area (Å²) in [5.74, 6) is 2.01. The molecule has 1 amide bonds. The van der Waals surface area contributed by atoms with Crippen molar-refractivity contribution in [1.82, 2.24) is 4.90 Å². The van der Waals surface area contributed by atoms with Crippen molar-refractivity contribution in [3.8, 4) is 11.5 Å². The van der Waals surface area contributed by atoms with Crippen LogP contribution in [0.4, 0.5) is 10.5 Å². The Hall–Kier alpha value is -2.11. The van der Waals surface area contributed by atoms with E-state index in [9.17, 15) is 4.79 Å². The van der Waals surface area contributed by atoms with Gasteiger partial charge in [0.2, 0.25) is 0 Å². The summed E-state index contributed by atoms with van der Waals surface area (Å²) in [5.41, 5.74) is 6.03. The van der Waals surface area contributed by atoms with Crippen LogP contribution >= 0.6 is 0 Å². The molecule has 0 aromatic heterocycles. The number of benzene rings is 1. The molecule has 2 rings (SSSR count). The van der Waals surface area contributed by atoms with Gasteiger partial charge in [0.15, 0.2) is 11.5 Å². The predicted octanol–water partition coefficient (Wildman–Crippen LogP) is 4.08. The molecular formula is C20H32N2O4. The first-order chi connectivity index (χ1) is 12.3. The van der Waals surface area contributed by atoms with Gasteiger partial charge in [-0.15, -0.1) is 0 Å². The third-order valence-electron chi connectivity index (χ3n) is 4.47. The standard InChI is InChI=1S/C20H32N2O4/c1-20(2,3)26-19(23)22-11-9-15(10-12-22)6-5-13-25-18-14-16(21)7-8-17(18)24-4/h7-8,14-15H,5-6,9-13,21H2,1-4H3. The number of likely N-dealkylation sites (tertiary alicyclic amines) is 1. The molecule has 0 unspecified atom stereocenters. The molecule has 146 valence electrons. The van der Waals surface area contributed by atoms with Crippen molar-refractivity contribution < 1.29 is 19.0 Å². The molecule has 26 heavy (non-hydrogen) atoms. The molecular weight excluding hydrogens is 332 g/mol. The largest absolute Gasteiger partial charge is 0.493 e. The highest BCUT2D eigenvalue weighted by atomic mass is 16.6. The molecule has 1 heterocycles. The van der Waals surface area contributed by atoms with E-state index in [1.807, 2.05) is 31.7 Å². The van der Waals surface area contributed by atoms with Crippen LogP contribution in [-0.4, -0.2) is 43.4 Å². The number of amides is 1. The van der Waals surface area contributed by atoms with E-state index in [1.165, 1.54) is 0 Å².